The van der Waals surface area contributed by atoms with Crippen LogP contribution >= 0.6 is 11.6 Å². The van der Waals surface area contributed by atoms with Gasteiger partial charge in [-0.2, -0.15) is 0 Å². The molecule has 0 atom stereocenters. The highest BCUT2D eigenvalue weighted by Crippen LogP contribution is 2.27. The molecule has 1 fully saturated rings. The van der Waals surface area contributed by atoms with Crippen molar-refractivity contribution in [2.75, 3.05) is 5.32 Å². The van der Waals surface area contributed by atoms with Crippen LogP contribution in [0.3, 0.4) is 0 Å². The minimum Gasteiger partial charge on any atom is -0.392 e. The van der Waals surface area contributed by atoms with Crippen molar-refractivity contribution in [1.29, 1.82) is 0 Å². The van der Waals surface area contributed by atoms with E-state index in [0.717, 1.165) is 11.3 Å². The number of hydrogen-bond donors (Lipinski definition) is 2. The van der Waals surface area contributed by atoms with Gasteiger partial charge in [-0.25, -0.2) is 0 Å². The highest BCUT2D eigenvalue weighted by atomic mass is 35.5. The van der Waals surface area contributed by atoms with Gasteiger partial charge in [-0.3, -0.25) is 0 Å². The fourth-order valence-electron chi connectivity index (χ4n) is 1.59. The smallest absolute Gasteiger partial charge is 0.0701 e. The average molecular weight is 212 g/mol. The van der Waals surface area contributed by atoms with Gasteiger partial charge < -0.3 is 10.4 Å². The van der Waals surface area contributed by atoms with E-state index >= 15 is 0 Å². The topological polar surface area (TPSA) is 32.3 Å². The molecule has 14 heavy (non-hydrogen) atoms. The van der Waals surface area contributed by atoms with E-state index in [0.29, 0.717) is 11.1 Å². The van der Waals surface area contributed by atoms with E-state index in [4.69, 9.17) is 16.7 Å². The fourth-order valence-corrected chi connectivity index (χ4v) is 1.77. The Bertz CT molecular complexity index is 323. The first-order valence-corrected chi connectivity index (χ1v) is 5.33. The number of aliphatic hydroxyl groups is 1. The second-order valence-electron chi connectivity index (χ2n) is 3.73. The van der Waals surface area contributed by atoms with Crippen molar-refractivity contribution in [3.05, 3.63) is 28.8 Å². The highest BCUT2D eigenvalue weighted by molar-refractivity contribution is 6.30. The van der Waals surface area contributed by atoms with Gasteiger partial charge in [-0.05, 0) is 31.4 Å². The maximum atomic E-state index is 9.13. The molecule has 2 nitrogen and oxygen atoms in total. The summed E-state index contributed by atoms with van der Waals surface area (Å²) in [5, 5.41) is 13.2. The number of nitrogens with one attached hydrogen (secondary N) is 1. The van der Waals surface area contributed by atoms with Crippen molar-refractivity contribution in [2.45, 2.75) is 31.9 Å². The predicted octanol–water partition coefficient (Wildman–Crippen LogP) is 2.80. The molecule has 1 aliphatic carbocycles. The van der Waals surface area contributed by atoms with Crippen LogP contribution in [0.1, 0.15) is 24.8 Å². The Hall–Kier alpha value is -0.730. The molecule has 0 bridgehead atoms. The van der Waals surface area contributed by atoms with Gasteiger partial charge in [0.05, 0.1) is 6.61 Å². The lowest BCUT2D eigenvalue weighted by Gasteiger charge is -2.28. The zero-order valence-corrected chi connectivity index (χ0v) is 8.72. The largest absolute Gasteiger partial charge is 0.392 e. The maximum absolute atomic E-state index is 9.13. The summed E-state index contributed by atoms with van der Waals surface area (Å²) in [5.41, 5.74) is 1.89. The molecule has 0 aromatic heterocycles. The third kappa shape index (κ3) is 2.02. The molecule has 0 radical (unpaired) electrons. The lowest BCUT2D eigenvalue weighted by Crippen LogP contribution is -2.27. The van der Waals surface area contributed by atoms with Crippen LogP contribution in [-0.4, -0.2) is 11.1 Å². The van der Waals surface area contributed by atoms with Gasteiger partial charge in [0.1, 0.15) is 0 Å². The van der Waals surface area contributed by atoms with Crippen LogP contribution in [0.15, 0.2) is 18.2 Å². The SMILES string of the molecule is OCc1ccc(Cl)cc1NC1CCC1. The molecule has 76 valence electrons. The van der Waals surface area contributed by atoms with E-state index in [-0.39, 0.29) is 6.61 Å². The second-order valence-corrected chi connectivity index (χ2v) is 4.17. The normalized spacial score (nSPS) is 16.4. The molecule has 0 unspecified atom stereocenters. The minimum atomic E-state index is 0.0617. The van der Waals surface area contributed by atoms with Gasteiger partial charge in [-0.15, -0.1) is 0 Å². The molecular weight excluding hydrogens is 198 g/mol. The minimum absolute atomic E-state index is 0.0617. The van der Waals surface area contributed by atoms with Gasteiger partial charge in [-0.1, -0.05) is 17.7 Å². The molecule has 1 aliphatic rings. The standard InChI is InChI=1S/C11H14ClNO/c12-9-5-4-8(7-14)11(6-9)13-10-2-1-3-10/h4-6,10,13-14H,1-3,7H2. The zero-order valence-electron chi connectivity index (χ0n) is 7.96. The molecule has 1 aromatic carbocycles. The average Bonchev–Trinajstić information content (AvgIpc) is 2.12. The van der Waals surface area contributed by atoms with Crippen LogP contribution in [-0.2, 0) is 6.61 Å². The van der Waals surface area contributed by atoms with Crippen molar-refractivity contribution in [3.8, 4) is 0 Å². The summed E-state index contributed by atoms with van der Waals surface area (Å²) in [7, 11) is 0. The summed E-state index contributed by atoms with van der Waals surface area (Å²) >= 11 is 5.90. The molecule has 0 aliphatic heterocycles. The van der Waals surface area contributed by atoms with Crippen molar-refractivity contribution in [1.82, 2.24) is 0 Å². The molecule has 0 heterocycles. The molecule has 0 spiro atoms. The molecular formula is C11H14ClNO. The number of rotatable bonds is 3. The summed E-state index contributed by atoms with van der Waals surface area (Å²) < 4.78 is 0. The van der Waals surface area contributed by atoms with E-state index in [1.807, 2.05) is 12.1 Å². The number of halogens is 1. The van der Waals surface area contributed by atoms with Gasteiger partial charge in [0, 0.05) is 22.3 Å². The number of aliphatic hydroxyl groups excluding tert-OH is 1. The quantitative estimate of drug-likeness (QED) is 0.806. The van der Waals surface area contributed by atoms with E-state index in [9.17, 15) is 0 Å². The Morgan fingerprint density at radius 1 is 1.43 bits per heavy atom. The molecule has 2 rings (SSSR count). The van der Waals surface area contributed by atoms with Crippen molar-refractivity contribution in [2.24, 2.45) is 0 Å². The molecule has 0 saturated heterocycles. The Kier molecular flexibility index (Phi) is 2.94. The van der Waals surface area contributed by atoms with E-state index in [2.05, 4.69) is 5.32 Å². The molecule has 1 aromatic rings. The lowest BCUT2D eigenvalue weighted by molar-refractivity contribution is 0.282. The van der Waals surface area contributed by atoms with Gasteiger partial charge >= 0.3 is 0 Å². The molecule has 2 N–H and O–H groups in total. The second kappa shape index (κ2) is 4.20. The van der Waals surface area contributed by atoms with Crippen LogP contribution in [0.2, 0.25) is 5.02 Å². The van der Waals surface area contributed by atoms with Crippen molar-refractivity contribution in [3.63, 3.8) is 0 Å². The first-order chi connectivity index (χ1) is 6.79. The number of benzene rings is 1. The molecule has 0 amide bonds. The van der Waals surface area contributed by atoms with Crippen molar-refractivity contribution < 1.29 is 5.11 Å². The Morgan fingerprint density at radius 2 is 2.21 bits per heavy atom. The lowest BCUT2D eigenvalue weighted by atomic mass is 9.92. The molecule has 3 heteroatoms. The van der Waals surface area contributed by atoms with E-state index in [1.54, 1.807) is 6.07 Å². The summed E-state index contributed by atoms with van der Waals surface area (Å²) in [6, 6.07) is 6.12. The monoisotopic (exact) mass is 211 g/mol. The van der Waals surface area contributed by atoms with Crippen LogP contribution < -0.4 is 5.32 Å². The third-order valence-electron chi connectivity index (χ3n) is 2.71. The maximum Gasteiger partial charge on any atom is 0.0701 e. The summed E-state index contributed by atoms with van der Waals surface area (Å²) in [6.45, 7) is 0.0617. The van der Waals surface area contributed by atoms with Gasteiger partial charge in [0.25, 0.3) is 0 Å². The van der Waals surface area contributed by atoms with Crippen LogP contribution in [0.5, 0.6) is 0 Å². The highest BCUT2D eigenvalue weighted by Gasteiger charge is 2.17. The Labute approximate surface area is 88.9 Å². The molecule has 1 saturated carbocycles. The Balaban J connectivity index is 2.15. The van der Waals surface area contributed by atoms with E-state index < -0.39 is 0 Å². The summed E-state index contributed by atoms with van der Waals surface area (Å²) in [6.07, 6.45) is 3.74. The Morgan fingerprint density at radius 3 is 2.79 bits per heavy atom. The zero-order chi connectivity index (χ0) is 9.97. The number of hydrogen-bond acceptors (Lipinski definition) is 2. The van der Waals surface area contributed by atoms with E-state index in [1.165, 1.54) is 19.3 Å². The van der Waals surface area contributed by atoms with Crippen LogP contribution in [0.25, 0.3) is 0 Å². The predicted molar refractivity (Wildman–Crippen MR) is 58.6 cm³/mol. The number of anilines is 1. The summed E-state index contributed by atoms with van der Waals surface area (Å²) in [5.74, 6) is 0. The van der Waals surface area contributed by atoms with Gasteiger partial charge in [0.15, 0.2) is 0 Å². The van der Waals surface area contributed by atoms with Crippen LogP contribution in [0.4, 0.5) is 5.69 Å². The van der Waals surface area contributed by atoms with Crippen molar-refractivity contribution >= 4 is 17.3 Å². The van der Waals surface area contributed by atoms with Gasteiger partial charge in [0.2, 0.25) is 0 Å². The fraction of sp³-hybridized carbons (Fsp3) is 0.455. The summed E-state index contributed by atoms with van der Waals surface area (Å²) in [4.78, 5) is 0. The van der Waals surface area contributed by atoms with Crippen LogP contribution in [0, 0.1) is 0 Å². The third-order valence-corrected chi connectivity index (χ3v) is 2.94. The first kappa shape index (κ1) is 9.81. The first-order valence-electron chi connectivity index (χ1n) is 4.95.